The highest BCUT2D eigenvalue weighted by Gasteiger charge is 2.49. The van der Waals surface area contributed by atoms with Crippen molar-refractivity contribution in [2.24, 2.45) is 23.7 Å². The van der Waals surface area contributed by atoms with Gasteiger partial charge in [0.05, 0.1) is 5.92 Å². The predicted molar refractivity (Wildman–Crippen MR) is 56.9 cm³/mol. The second kappa shape index (κ2) is 4.88. The SMILES string of the molecule is O=S([O-])CC1CCC(C2CC2)CC1C(F)(F)F. The maximum absolute atomic E-state index is 12.9. The summed E-state index contributed by atoms with van der Waals surface area (Å²) in [6.07, 6.45) is -0.854. The molecule has 2 nitrogen and oxygen atoms in total. The van der Waals surface area contributed by atoms with Crippen LogP contribution in [0.2, 0.25) is 0 Å². The van der Waals surface area contributed by atoms with Crippen molar-refractivity contribution in [2.75, 3.05) is 5.75 Å². The summed E-state index contributed by atoms with van der Waals surface area (Å²) in [5.74, 6) is -1.86. The zero-order chi connectivity index (χ0) is 12.6. The van der Waals surface area contributed by atoms with E-state index in [0.717, 1.165) is 19.3 Å². The average Bonchev–Trinajstić information content (AvgIpc) is 2.99. The molecule has 4 unspecified atom stereocenters. The first-order valence-electron chi connectivity index (χ1n) is 6.00. The van der Waals surface area contributed by atoms with Crippen molar-refractivity contribution in [3.05, 3.63) is 0 Å². The monoisotopic (exact) mass is 269 g/mol. The standard InChI is InChI=1S/C11H17F3O2S/c12-11(13,14)10-5-8(7-1-2-7)3-4-9(10)6-17(15)16/h7-10H,1-6H2,(H,15,16)/p-1. The van der Waals surface area contributed by atoms with Crippen LogP contribution >= 0.6 is 0 Å². The van der Waals surface area contributed by atoms with Crippen LogP contribution in [0.4, 0.5) is 13.2 Å². The van der Waals surface area contributed by atoms with Crippen LogP contribution in [0.1, 0.15) is 32.1 Å². The number of hydrogen-bond donors (Lipinski definition) is 0. The molecule has 6 heteroatoms. The fraction of sp³-hybridized carbons (Fsp3) is 1.00. The van der Waals surface area contributed by atoms with E-state index in [1.165, 1.54) is 0 Å². The Bertz CT molecular complexity index is 302. The van der Waals surface area contributed by atoms with Gasteiger partial charge < -0.3 is 4.55 Å². The number of rotatable bonds is 3. The van der Waals surface area contributed by atoms with Gasteiger partial charge in [-0.25, -0.2) is 0 Å². The van der Waals surface area contributed by atoms with Crippen molar-refractivity contribution < 1.29 is 21.9 Å². The van der Waals surface area contributed by atoms with Crippen LogP contribution in [-0.4, -0.2) is 20.7 Å². The van der Waals surface area contributed by atoms with Gasteiger partial charge >= 0.3 is 6.18 Å². The summed E-state index contributed by atoms with van der Waals surface area (Å²) in [5.41, 5.74) is 0. The smallest absolute Gasteiger partial charge is 0.392 e. The van der Waals surface area contributed by atoms with Crippen LogP contribution in [0.25, 0.3) is 0 Å². The van der Waals surface area contributed by atoms with Crippen molar-refractivity contribution in [1.82, 2.24) is 0 Å². The Hall–Kier alpha value is -0.100. The highest BCUT2D eigenvalue weighted by Crippen LogP contribution is 2.50. The molecule has 0 aliphatic heterocycles. The quantitative estimate of drug-likeness (QED) is 0.739. The third kappa shape index (κ3) is 3.44. The van der Waals surface area contributed by atoms with Crippen LogP contribution in [0.15, 0.2) is 0 Å². The lowest BCUT2D eigenvalue weighted by Crippen LogP contribution is -2.38. The maximum Gasteiger partial charge on any atom is 0.392 e. The van der Waals surface area contributed by atoms with Gasteiger partial charge in [-0.05, 0) is 49.9 Å². The van der Waals surface area contributed by atoms with Gasteiger partial charge in [-0.2, -0.15) is 13.2 Å². The van der Waals surface area contributed by atoms with Gasteiger partial charge in [0.1, 0.15) is 0 Å². The van der Waals surface area contributed by atoms with E-state index < -0.39 is 29.1 Å². The van der Waals surface area contributed by atoms with E-state index in [0.29, 0.717) is 12.3 Å². The molecule has 100 valence electrons. The summed E-state index contributed by atoms with van der Waals surface area (Å²) in [6, 6.07) is 0. The molecule has 0 amide bonds. The molecule has 17 heavy (non-hydrogen) atoms. The lowest BCUT2D eigenvalue weighted by Gasteiger charge is -2.37. The average molecular weight is 269 g/mol. The lowest BCUT2D eigenvalue weighted by atomic mass is 9.73. The van der Waals surface area contributed by atoms with Gasteiger partial charge in [0.2, 0.25) is 0 Å². The molecule has 2 aliphatic carbocycles. The Morgan fingerprint density at radius 1 is 1.12 bits per heavy atom. The normalized spacial score (nSPS) is 36.8. The Kier molecular flexibility index (Phi) is 3.83. The molecule has 0 aromatic carbocycles. The second-order valence-electron chi connectivity index (χ2n) is 5.29. The summed E-state index contributed by atoms with van der Waals surface area (Å²) < 4.78 is 59.9. The first-order chi connectivity index (χ1) is 7.88. The van der Waals surface area contributed by atoms with Gasteiger partial charge in [0.25, 0.3) is 0 Å². The summed E-state index contributed by atoms with van der Waals surface area (Å²) in [7, 11) is 0. The molecule has 2 rings (SSSR count). The molecule has 0 spiro atoms. The highest BCUT2D eigenvalue weighted by atomic mass is 32.2. The minimum Gasteiger partial charge on any atom is -0.772 e. The van der Waals surface area contributed by atoms with E-state index in [-0.39, 0.29) is 18.1 Å². The number of alkyl halides is 3. The molecule has 0 aromatic heterocycles. The van der Waals surface area contributed by atoms with Crippen LogP contribution in [0, 0.1) is 23.7 Å². The van der Waals surface area contributed by atoms with E-state index >= 15 is 0 Å². The van der Waals surface area contributed by atoms with E-state index in [4.69, 9.17) is 0 Å². The largest absolute Gasteiger partial charge is 0.772 e. The zero-order valence-corrected chi connectivity index (χ0v) is 10.2. The Morgan fingerprint density at radius 3 is 2.18 bits per heavy atom. The van der Waals surface area contributed by atoms with Crippen LogP contribution in [0.5, 0.6) is 0 Å². The van der Waals surface area contributed by atoms with Gasteiger partial charge in [-0.15, -0.1) is 0 Å². The van der Waals surface area contributed by atoms with E-state index in [1.807, 2.05) is 0 Å². The Morgan fingerprint density at radius 2 is 1.71 bits per heavy atom. The highest BCUT2D eigenvalue weighted by molar-refractivity contribution is 7.79. The summed E-state index contributed by atoms with van der Waals surface area (Å²) in [6.45, 7) is 0. The van der Waals surface area contributed by atoms with Crippen LogP contribution in [0.3, 0.4) is 0 Å². The maximum atomic E-state index is 12.9. The molecule has 0 aromatic rings. The van der Waals surface area contributed by atoms with Crippen molar-refractivity contribution in [3.63, 3.8) is 0 Å². The summed E-state index contributed by atoms with van der Waals surface area (Å²) >= 11 is -2.37. The van der Waals surface area contributed by atoms with Crippen molar-refractivity contribution in [1.29, 1.82) is 0 Å². The van der Waals surface area contributed by atoms with E-state index in [1.54, 1.807) is 0 Å². The molecule has 0 saturated heterocycles. The van der Waals surface area contributed by atoms with Crippen molar-refractivity contribution >= 4 is 11.1 Å². The minimum absolute atomic E-state index is 0.135. The van der Waals surface area contributed by atoms with E-state index in [2.05, 4.69) is 0 Å². The molecular weight excluding hydrogens is 253 g/mol. The second-order valence-corrected chi connectivity index (χ2v) is 6.23. The Balaban J connectivity index is 2.03. The summed E-state index contributed by atoms with van der Waals surface area (Å²) in [4.78, 5) is 0. The third-order valence-corrected chi connectivity index (χ3v) is 4.79. The van der Waals surface area contributed by atoms with Crippen molar-refractivity contribution in [3.8, 4) is 0 Å². The molecule has 4 atom stereocenters. The van der Waals surface area contributed by atoms with Crippen LogP contribution < -0.4 is 0 Å². The van der Waals surface area contributed by atoms with Gasteiger partial charge in [-0.3, -0.25) is 4.21 Å². The van der Waals surface area contributed by atoms with Crippen LogP contribution in [-0.2, 0) is 11.1 Å². The lowest BCUT2D eigenvalue weighted by molar-refractivity contribution is -0.198. The molecule has 0 radical (unpaired) electrons. The number of halogens is 3. The topological polar surface area (TPSA) is 40.1 Å². The molecular formula is C11H16F3O2S-. The van der Waals surface area contributed by atoms with Gasteiger partial charge in [0.15, 0.2) is 0 Å². The fourth-order valence-corrected chi connectivity index (χ4v) is 3.79. The first kappa shape index (κ1) is 13.3. The van der Waals surface area contributed by atoms with Gasteiger partial charge in [0, 0.05) is 5.75 Å². The van der Waals surface area contributed by atoms with Crippen molar-refractivity contribution in [2.45, 2.75) is 38.3 Å². The molecule has 0 heterocycles. The molecule has 2 aliphatic rings. The van der Waals surface area contributed by atoms with Gasteiger partial charge in [-0.1, -0.05) is 11.1 Å². The fourth-order valence-electron chi connectivity index (χ4n) is 3.04. The zero-order valence-electron chi connectivity index (χ0n) is 9.41. The van der Waals surface area contributed by atoms with E-state index in [9.17, 15) is 21.9 Å². The predicted octanol–water partition coefficient (Wildman–Crippen LogP) is 2.87. The molecule has 2 saturated carbocycles. The third-order valence-electron chi connectivity index (χ3n) is 4.09. The first-order valence-corrected chi connectivity index (χ1v) is 7.25. The molecule has 2 fully saturated rings. The summed E-state index contributed by atoms with van der Waals surface area (Å²) in [5, 5.41) is 0. The Labute approximate surface area is 101 Å². The molecule has 0 bridgehead atoms. The number of hydrogen-bond acceptors (Lipinski definition) is 2. The molecule has 0 N–H and O–H groups in total. The minimum atomic E-state index is -4.25.